The summed E-state index contributed by atoms with van der Waals surface area (Å²) in [6.45, 7) is 0. The van der Waals surface area contributed by atoms with E-state index in [0.717, 1.165) is 11.5 Å². The lowest BCUT2D eigenvalue weighted by Gasteiger charge is -2.20. The van der Waals surface area contributed by atoms with E-state index < -0.39 is 0 Å². The number of hydrogen-bond donors (Lipinski definition) is 1. The molecule has 2 nitrogen and oxygen atoms in total. The molecule has 1 saturated carbocycles. The topological polar surface area (TPSA) is 35.2 Å². The maximum atomic E-state index is 6.56. The van der Waals surface area contributed by atoms with Gasteiger partial charge in [0.05, 0.1) is 6.10 Å². The quantitative estimate of drug-likeness (QED) is 0.922. The first-order valence-electron chi connectivity index (χ1n) is 7.55. The Morgan fingerprint density at radius 3 is 2.81 bits per heavy atom. The Bertz CT molecular complexity index is 653. The fourth-order valence-electron chi connectivity index (χ4n) is 2.89. The third-order valence-electron chi connectivity index (χ3n) is 4.24. The molecule has 2 atom stereocenters. The van der Waals surface area contributed by atoms with E-state index in [1.807, 2.05) is 17.8 Å². The van der Waals surface area contributed by atoms with Crippen molar-refractivity contribution in [1.82, 2.24) is 0 Å². The van der Waals surface area contributed by atoms with Gasteiger partial charge < -0.3 is 10.5 Å². The van der Waals surface area contributed by atoms with Gasteiger partial charge in [-0.2, -0.15) is 0 Å². The van der Waals surface area contributed by atoms with Crippen LogP contribution in [0.15, 0.2) is 53.4 Å². The SMILES string of the molecule is NC(c1cccc(OC2CC2)c1)C1CSc2ccccc21. The summed E-state index contributed by atoms with van der Waals surface area (Å²) in [6.07, 6.45) is 2.80. The van der Waals surface area contributed by atoms with Crippen LogP contribution in [-0.4, -0.2) is 11.9 Å². The van der Waals surface area contributed by atoms with Crippen LogP contribution in [0.2, 0.25) is 0 Å². The summed E-state index contributed by atoms with van der Waals surface area (Å²) < 4.78 is 5.89. The molecule has 1 aliphatic heterocycles. The van der Waals surface area contributed by atoms with Crippen molar-refractivity contribution >= 4 is 11.8 Å². The third-order valence-corrected chi connectivity index (χ3v) is 5.45. The minimum absolute atomic E-state index is 0.0314. The van der Waals surface area contributed by atoms with E-state index in [2.05, 4.69) is 42.5 Å². The molecule has 3 heteroatoms. The van der Waals surface area contributed by atoms with Gasteiger partial charge in [-0.05, 0) is 42.2 Å². The normalized spacial score (nSPS) is 21.9. The highest BCUT2D eigenvalue weighted by Gasteiger charge is 2.29. The van der Waals surface area contributed by atoms with Crippen LogP contribution in [0.25, 0.3) is 0 Å². The fraction of sp³-hybridized carbons (Fsp3) is 0.333. The lowest BCUT2D eigenvalue weighted by atomic mass is 9.89. The molecule has 0 spiro atoms. The summed E-state index contributed by atoms with van der Waals surface area (Å²) >= 11 is 1.91. The number of hydrogen-bond acceptors (Lipinski definition) is 3. The van der Waals surface area contributed by atoms with Crippen LogP contribution in [0, 0.1) is 0 Å². The lowest BCUT2D eigenvalue weighted by molar-refractivity contribution is 0.302. The number of rotatable bonds is 4. The number of thioether (sulfide) groups is 1. The van der Waals surface area contributed by atoms with Gasteiger partial charge in [-0.15, -0.1) is 11.8 Å². The Kier molecular flexibility index (Phi) is 3.40. The van der Waals surface area contributed by atoms with Gasteiger partial charge in [0.25, 0.3) is 0 Å². The summed E-state index contributed by atoms with van der Waals surface area (Å²) in [5.41, 5.74) is 9.13. The van der Waals surface area contributed by atoms with E-state index in [9.17, 15) is 0 Å². The van der Waals surface area contributed by atoms with Crippen molar-refractivity contribution in [1.29, 1.82) is 0 Å². The highest BCUT2D eigenvalue weighted by molar-refractivity contribution is 7.99. The van der Waals surface area contributed by atoms with Crippen molar-refractivity contribution in [3.8, 4) is 5.75 Å². The zero-order valence-electron chi connectivity index (χ0n) is 11.9. The first-order chi connectivity index (χ1) is 10.3. The van der Waals surface area contributed by atoms with Gasteiger partial charge in [-0.1, -0.05) is 30.3 Å². The van der Waals surface area contributed by atoms with Crippen molar-refractivity contribution in [3.05, 3.63) is 59.7 Å². The summed E-state index contributed by atoms with van der Waals surface area (Å²) in [5.74, 6) is 2.42. The molecular weight excluding hydrogens is 278 g/mol. The van der Waals surface area contributed by atoms with E-state index in [4.69, 9.17) is 10.5 Å². The van der Waals surface area contributed by atoms with Crippen LogP contribution in [-0.2, 0) is 0 Å². The maximum Gasteiger partial charge on any atom is 0.120 e. The van der Waals surface area contributed by atoms with Crippen molar-refractivity contribution in [3.63, 3.8) is 0 Å². The molecule has 0 bridgehead atoms. The first kappa shape index (κ1) is 13.2. The summed E-state index contributed by atoms with van der Waals surface area (Å²) in [6, 6.07) is 17.0. The van der Waals surface area contributed by atoms with Gasteiger partial charge in [0.2, 0.25) is 0 Å². The summed E-state index contributed by atoms with van der Waals surface area (Å²) in [5, 5.41) is 0. The van der Waals surface area contributed by atoms with E-state index in [1.165, 1.54) is 28.9 Å². The third kappa shape index (κ3) is 2.68. The average Bonchev–Trinajstić information content (AvgIpc) is 3.23. The number of nitrogens with two attached hydrogens (primary N) is 1. The summed E-state index contributed by atoms with van der Waals surface area (Å²) in [4.78, 5) is 1.38. The molecule has 0 saturated heterocycles. The van der Waals surface area contributed by atoms with Crippen LogP contribution < -0.4 is 10.5 Å². The van der Waals surface area contributed by atoms with Crippen molar-refractivity contribution in [2.75, 3.05) is 5.75 Å². The van der Waals surface area contributed by atoms with Gasteiger partial charge in [0.15, 0.2) is 0 Å². The van der Waals surface area contributed by atoms with E-state index in [1.54, 1.807) is 0 Å². The highest BCUT2D eigenvalue weighted by Crippen LogP contribution is 2.44. The minimum atomic E-state index is 0.0314. The van der Waals surface area contributed by atoms with Crippen LogP contribution >= 0.6 is 11.8 Å². The average molecular weight is 297 g/mol. The number of benzene rings is 2. The molecule has 108 valence electrons. The molecule has 0 amide bonds. The standard InChI is InChI=1S/C18H19NOS/c19-18(16-11-21-17-7-2-1-6-15(16)17)12-4-3-5-14(10-12)20-13-8-9-13/h1-7,10,13,16,18H,8-9,11,19H2. The predicted octanol–water partition coefficient (Wildman–Crippen LogP) is 4.12. The van der Waals surface area contributed by atoms with E-state index in [-0.39, 0.29) is 6.04 Å². The molecule has 2 aliphatic rings. The predicted molar refractivity (Wildman–Crippen MR) is 86.9 cm³/mol. The molecule has 2 N–H and O–H groups in total. The molecule has 1 heterocycles. The minimum Gasteiger partial charge on any atom is -0.490 e. The van der Waals surface area contributed by atoms with Gasteiger partial charge in [0, 0.05) is 22.6 Å². The molecule has 2 aromatic carbocycles. The molecule has 0 radical (unpaired) electrons. The zero-order valence-corrected chi connectivity index (χ0v) is 12.7. The monoisotopic (exact) mass is 297 g/mol. The molecule has 4 rings (SSSR count). The maximum absolute atomic E-state index is 6.56. The first-order valence-corrected chi connectivity index (χ1v) is 8.54. The largest absolute Gasteiger partial charge is 0.490 e. The van der Waals surface area contributed by atoms with Gasteiger partial charge in [-0.3, -0.25) is 0 Å². The van der Waals surface area contributed by atoms with E-state index in [0.29, 0.717) is 12.0 Å². The van der Waals surface area contributed by atoms with Crippen LogP contribution in [0.5, 0.6) is 5.75 Å². The Morgan fingerprint density at radius 2 is 1.95 bits per heavy atom. The molecule has 2 aromatic rings. The second kappa shape index (κ2) is 5.39. The second-order valence-corrected chi connectivity index (χ2v) is 6.93. The number of fused-ring (bicyclic) bond motifs is 1. The Hall–Kier alpha value is -1.45. The smallest absolute Gasteiger partial charge is 0.120 e. The summed E-state index contributed by atoms with van der Waals surface area (Å²) in [7, 11) is 0. The molecule has 1 aliphatic carbocycles. The van der Waals surface area contributed by atoms with Gasteiger partial charge >= 0.3 is 0 Å². The zero-order chi connectivity index (χ0) is 14.2. The highest BCUT2D eigenvalue weighted by atomic mass is 32.2. The van der Waals surface area contributed by atoms with Crippen LogP contribution in [0.4, 0.5) is 0 Å². The molecule has 21 heavy (non-hydrogen) atoms. The Labute approximate surface area is 129 Å². The fourth-order valence-corrected chi connectivity index (χ4v) is 4.20. The molecule has 2 unspecified atom stereocenters. The van der Waals surface area contributed by atoms with E-state index >= 15 is 0 Å². The molecule has 0 aromatic heterocycles. The lowest BCUT2D eigenvalue weighted by Crippen LogP contribution is -2.19. The van der Waals surface area contributed by atoms with Crippen LogP contribution in [0.3, 0.4) is 0 Å². The van der Waals surface area contributed by atoms with Crippen molar-refractivity contribution in [2.45, 2.75) is 35.8 Å². The molecule has 1 fully saturated rings. The van der Waals surface area contributed by atoms with Gasteiger partial charge in [-0.25, -0.2) is 0 Å². The Morgan fingerprint density at radius 1 is 1.10 bits per heavy atom. The van der Waals surface area contributed by atoms with Crippen molar-refractivity contribution < 1.29 is 4.74 Å². The Balaban J connectivity index is 1.58. The second-order valence-electron chi connectivity index (χ2n) is 5.87. The molecular formula is C18H19NOS. The van der Waals surface area contributed by atoms with Gasteiger partial charge in [0.1, 0.15) is 5.75 Å². The van der Waals surface area contributed by atoms with Crippen LogP contribution in [0.1, 0.15) is 35.9 Å². The number of ether oxygens (including phenoxy) is 1. The van der Waals surface area contributed by atoms with Crippen molar-refractivity contribution in [2.24, 2.45) is 5.73 Å².